The fraction of sp³-hybridized carbons (Fsp3) is 0.714. The van der Waals surface area contributed by atoms with E-state index < -0.39 is 0 Å². The van der Waals surface area contributed by atoms with Crippen LogP contribution in [0.1, 0.15) is 19.3 Å². The molecule has 0 rings (SSSR count). The Labute approximate surface area is 56.7 Å². The first-order chi connectivity index (χ1) is 4.31. The summed E-state index contributed by atoms with van der Waals surface area (Å²) in [5.74, 6) is 0.850. The minimum Gasteiger partial charge on any atom is -0.502 e. The van der Waals surface area contributed by atoms with Crippen LogP contribution in [-0.4, -0.2) is 13.7 Å². The predicted molar refractivity (Wildman–Crippen MR) is 39.1 cm³/mol. The molecule has 0 aliphatic heterocycles. The van der Waals surface area contributed by atoms with Gasteiger partial charge in [0.05, 0.1) is 12.9 Å². The van der Waals surface area contributed by atoms with Gasteiger partial charge < -0.3 is 10.5 Å². The highest BCUT2D eigenvalue weighted by atomic mass is 16.5. The average molecular weight is 129 g/mol. The maximum absolute atomic E-state index is 5.29. The Bertz CT molecular complexity index is 81.0. The second-order valence-corrected chi connectivity index (χ2v) is 1.99. The third kappa shape index (κ3) is 5.37. The topological polar surface area (TPSA) is 35.2 Å². The molecule has 0 fully saturated rings. The number of rotatable bonds is 5. The lowest BCUT2D eigenvalue weighted by Crippen LogP contribution is -1.98. The normalized spacial score (nSPS) is 9.11. The van der Waals surface area contributed by atoms with Crippen molar-refractivity contribution in [3.63, 3.8) is 0 Å². The second kappa shape index (κ2) is 5.63. The smallest absolute Gasteiger partial charge is 0.0883 e. The molecule has 0 heterocycles. The van der Waals surface area contributed by atoms with E-state index in [-0.39, 0.29) is 0 Å². The van der Waals surface area contributed by atoms with Crippen LogP contribution in [-0.2, 0) is 4.74 Å². The number of methoxy groups -OCH3 is 1. The molecule has 2 nitrogen and oxygen atoms in total. The second-order valence-electron chi connectivity index (χ2n) is 1.99. The van der Waals surface area contributed by atoms with E-state index in [1.165, 1.54) is 0 Å². The van der Waals surface area contributed by atoms with Gasteiger partial charge in [-0.25, -0.2) is 0 Å². The van der Waals surface area contributed by atoms with Crippen LogP contribution in [0.5, 0.6) is 0 Å². The lowest BCUT2D eigenvalue weighted by Gasteiger charge is -2.01. The van der Waals surface area contributed by atoms with E-state index >= 15 is 0 Å². The molecule has 9 heavy (non-hydrogen) atoms. The third-order valence-electron chi connectivity index (χ3n) is 1.20. The van der Waals surface area contributed by atoms with E-state index in [2.05, 4.69) is 6.58 Å². The van der Waals surface area contributed by atoms with Crippen molar-refractivity contribution in [1.82, 2.24) is 0 Å². The first-order valence-corrected chi connectivity index (χ1v) is 3.23. The van der Waals surface area contributed by atoms with Gasteiger partial charge in [-0.2, -0.15) is 0 Å². The van der Waals surface area contributed by atoms with E-state index in [0.29, 0.717) is 0 Å². The monoisotopic (exact) mass is 129 g/mol. The summed E-state index contributed by atoms with van der Waals surface area (Å²) in [7, 11) is 1.64. The van der Waals surface area contributed by atoms with Crippen LogP contribution in [0, 0.1) is 0 Å². The van der Waals surface area contributed by atoms with Crippen LogP contribution in [0.4, 0.5) is 0 Å². The highest BCUT2D eigenvalue weighted by molar-refractivity contribution is 4.80. The molecule has 0 saturated carbocycles. The minimum absolute atomic E-state index is 0.761. The lowest BCUT2D eigenvalue weighted by atomic mass is 10.2. The summed E-state index contributed by atoms with van der Waals surface area (Å²) in [6.07, 6.45) is 3.08. The molecule has 0 radical (unpaired) electrons. The number of allylic oxidation sites excluding steroid dienone is 1. The Hall–Kier alpha value is -0.500. The zero-order valence-corrected chi connectivity index (χ0v) is 6.02. The number of unbranched alkanes of at least 4 members (excludes halogenated alkanes) is 1. The molecular weight excluding hydrogens is 114 g/mol. The van der Waals surface area contributed by atoms with Crippen molar-refractivity contribution in [2.45, 2.75) is 19.3 Å². The summed E-state index contributed by atoms with van der Waals surface area (Å²) in [6.45, 7) is 4.44. The van der Waals surface area contributed by atoms with Crippen LogP contribution in [0.3, 0.4) is 0 Å². The van der Waals surface area contributed by atoms with Crippen LogP contribution < -0.4 is 5.73 Å². The Morgan fingerprint density at radius 3 is 2.67 bits per heavy atom. The quantitative estimate of drug-likeness (QED) is 0.448. The van der Waals surface area contributed by atoms with E-state index in [4.69, 9.17) is 10.5 Å². The maximum atomic E-state index is 5.29. The van der Waals surface area contributed by atoms with Gasteiger partial charge in [0.25, 0.3) is 0 Å². The van der Waals surface area contributed by atoms with Crippen molar-refractivity contribution < 1.29 is 4.74 Å². The zero-order valence-electron chi connectivity index (χ0n) is 6.02. The average Bonchev–Trinajstić information content (AvgIpc) is 1.89. The molecule has 0 atom stereocenters. The molecule has 2 heteroatoms. The molecular formula is C7H15NO. The molecule has 0 aliphatic carbocycles. The van der Waals surface area contributed by atoms with Crippen LogP contribution in [0.2, 0.25) is 0 Å². The largest absolute Gasteiger partial charge is 0.502 e. The third-order valence-corrected chi connectivity index (χ3v) is 1.20. The molecule has 0 saturated heterocycles. The van der Waals surface area contributed by atoms with Gasteiger partial charge in [-0.05, 0) is 19.4 Å². The molecule has 0 aromatic rings. The van der Waals surface area contributed by atoms with Crippen molar-refractivity contribution in [3.8, 4) is 0 Å². The van der Waals surface area contributed by atoms with E-state index in [9.17, 15) is 0 Å². The Morgan fingerprint density at radius 2 is 2.22 bits per heavy atom. The lowest BCUT2D eigenvalue weighted by molar-refractivity contribution is 0.276. The fourth-order valence-electron chi connectivity index (χ4n) is 0.569. The maximum Gasteiger partial charge on any atom is 0.0883 e. The minimum atomic E-state index is 0.761. The molecule has 2 N–H and O–H groups in total. The van der Waals surface area contributed by atoms with Gasteiger partial charge in [0.1, 0.15) is 0 Å². The molecule has 0 spiro atoms. The Kier molecular flexibility index (Phi) is 5.32. The molecule has 0 amide bonds. The van der Waals surface area contributed by atoms with Gasteiger partial charge in [0.15, 0.2) is 0 Å². The highest BCUT2D eigenvalue weighted by Gasteiger charge is 1.89. The van der Waals surface area contributed by atoms with Gasteiger partial charge in [-0.15, -0.1) is 0 Å². The number of hydrogen-bond acceptors (Lipinski definition) is 2. The van der Waals surface area contributed by atoms with Gasteiger partial charge in [0, 0.05) is 6.42 Å². The number of ether oxygens (including phenoxy) is 1. The number of hydrogen-bond donors (Lipinski definition) is 1. The fourth-order valence-corrected chi connectivity index (χ4v) is 0.569. The summed E-state index contributed by atoms with van der Waals surface area (Å²) in [6, 6.07) is 0. The van der Waals surface area contributed by atoms with Gasteiger partial charge in [-0.3, -0.25) is 0 Å². The first kappa shape index (κ1) is 8.50. The Balaban J connectivity index is 2.97. The highest BCUT2D eigenvalue weighted by Crippen LogP contribution is 2.03. The van der Waals surface area contributed by atoms with Crippen molar-refractivity contribution >= 4 is 0 Å². The van der Waals surface area contributed by atoms with Crippen molar-refractivity contribution in [3.05, 3.63) is 12.3 Å². The molecule has 0 bridgehead atoms. The summed E-state index contributed by atoms with van der Waals surface area (Å²) in [5.41, 5.74) is 5.29. The van der Waals surface area contributed by atoms with Crippen molar-refractivity contribution in [2.75, 3.05) is 13.7 Å². The van der Waals surface area contributed by atoms with Crippen LogP contribution in [0.15, 0.2) is 12.3 Å². The summed E-state index contributed by atoms with van der Waals surface area (Å²) < 4.78 is 4.86. The SMILES string of the molecule is C=C(CCCCN)OC. The molecule has 0 unspecified atom stereocenters. The van der Waals surface area contributed by atoms with Crippen LogP contribution >= 0.6 is 0 Å². The van der Waals surface area contributed by atoms with Crippen molar-refractivity contribution in [2.24, 2.45) is 5.73 Å². The summed E-state index contributed by atoms with van der Waals surface area (Å²) in [5, 5.41) is 0. The number of nitrogens with two attached hydrogens (primary N) is 1. The summed E-state index contributed by atoms with van der Waals surface area (Å²) in [4.78, 5) is 0. The van der Waals surface area contributed by atoms with E-state index in [0.717, 1.165) is 31.6 Å². The zero-order chi connectivity index (χ0) is 7.11. The van der Waals surface area contributed by atoms with E-state index in [1.54, 1.807) is 7.11 Å². The van der Waals surface area contributed by atoms with Gasteiger partial charge >= 0.3 is 0 Å². The van der Waals surface area contributed by atoms with Gasteiger partial charge in [0.2, 0.25) is 0 Å². The standard InChI is InChI=1S/C7H15NO/c1-7(9-2)5-3-4-6-8/h1,3-6,8H2,2H3. The molecule has 0 aliphatic rings. The Morgan fingerprint density at radius 1 is 1.56 bits per heavy atom. The molecule has 0 aromatic heterocycles. The van der Waals surface area contributed by atoms with Crippen molar-refractivity contribution in [1.29, 1.82) is 0 Å². The molecule has 0 aromatic carbocycles. The molecule has 54 valence electrons. The first-order valence-electron chi connectivity index (χ1n) is 3.23. The van der Waals surface area contributed by atoms with Gasteiger partial charge in [-0.1, -0.05) is 6.58 Å². The predicted octanol–water partition coefficient (Wildman–Crippen LogP) is 1.28. The summed E-state index contributed by atoms with van der Waals surface area (Å²) >= 11 is 0. The van der Waals surface area contributed by atoms with E-state index in [1.807, 2.05) is 0 Å². The van der Waals surface area contributed by atoms with Crippen LogP contribution in [0.25, 0.3) is 0 Å².